The van der Waals surface area contributed by atoms with Crippen molar-refractivity contribution >= 4 is 44.4 Å². The highest BCUT2D eigenvalue weighted by Crippen LogP contribution is 2.33. The molecule has 2 N–H and O–H groups in total. The van der Waals surface area contributed by atoms with E-state index < -0.39 is 11.0 Å². The summed E-state index contributed by atoms with van der Waals surface area (Å²) in [6, 6.07) is 5.20. The highest BCUT2D eigenvalue weighted by molar-refractivity contribution is 7.18. The number of aliphatic hydroxyl groups excluding tert-OH is 1. The van der Waals surface area contributed by atoms with Crippen LogP contribution >= 0.6 is 11.3 Å². The first-order chi connectivity index (χ1) is 14.3. The summed E-state index contributed by atoms with van der Waals surface area (Å²) in [5.41, 5.74) is 1.57. The lowest BCUT2D eigenvalue weighted by molar-refractivity contribution is -0.380. The zero-order chi connectivity index (χ0) is 22.1. The van der Waals surface area contributed by atoms with Crippen LogP contribution in [-0.2, 0) is 9.53 Å². The van der Waals surface area contributed by atoms with E-state index in [1.165, 1.54) is 6.92 Å². The normalized spacial score (nSPS) is 12.1. The van der Waals surface area contributed by atoms with Crippen LogP contribution in [0.4, 0.5) is 27.2 Å². The molecule has 2 aromatic rings. The Balaban J connectivity index is 2.25. The number of aromatic nitrogens is 1. The zero-order valence-electron chi connectivity index (χ0n) is 16.9. The topological polar surface area (TPSA) is 143 Å². The van der Waals surface area contributed by atoms with Crippen LogP contribution in [0.15, 0.2) is 34.6 Å². The van der Waals surface area contributed by atoms with Gasteiger partial charge in [0.2, 0.25) is 11.0 Å². The van der Waals surface area contributed by atoms with Crippen LogP contribution in [0, 0.1) is 10.1 Å². The molecule has 0 bridgehead atoms. The molecule has 0 aliphatic rings. The van der Waals surface area contributed by atoms with Crippen molar-refractivity contribution in [2.45, 2.75) is 26.9 Å². The number of aliphatic hydroxyl groups is 1. The van der Waals surface area contributed by atoms with E-state index in [-0.39, 0.29) is 22.6 Å². The van der Waals surface area contributed by atoms with Crippen molar-refractivity contribution in [2.24, 2.45) is 10.2 Å². The maximum absolute atomic E-state index is 11.6. The Bertz CT molecular complexity index is 903. The standard InChI is InChI=1S/C18H24N6O5S/c1-4-23(10-14(26)11-29-5-2)13-6-7-15(16(8-13)20-12(3)25)21-22-18-19-9-17(30-18)24(27)28/h6-9,14,26H,4-5,10-11H2,1-3H3,(H,20,25). The summed E-state index contributed by atoms with van der Waals surface area (Å²) in [6.45, 7) is 6.94. The number of rotatable bonds is 11. The molecule has 2 rings (SSSR count). The maximum Gasteiger partial charge on any atom is 0.345 e. The van der Waals surface area contributed by atoms with E-state index in [4.69, 9.17) is 4.74 Å². The summed E-state index contributed by atoms with van der Waals surface area (Å²) in [6.07, 6.45) is 0.456. The van der Waals surface area contributed by atoms with Crippen LogP contribution in [0.3, 0.4) is 0 Å². The molecule has 1 aromatic heterocycles. The second kappa shape index (κ2) is 11.3. The van der Waals surface area contributed by atoms with Gasteiger partial charge in [0, 0.05) is 32.3 Å². The third-order valence-electron chi connectivity index (χ3n) is 3.89. The maximum atomic E-state index is 11.6. The number of nitrogens with one attached hydrogen (secondary N) is 1. The molecule has 0 saturated carbocycles. The number of likely N-dealkylation sites (N-methyl/N-ethyl adjacent to an activating group) is 1. The van der Waals surface area contributed by atoms with Crippen molar-refractivity contribution in [1.29, 1.82) is 0 Å². The van der Waals surface area contributed by atoms with Crippen LogP contribution in [0.5, 0.6) is 0 Å². The molecule has 30 heavy (non-hydrogen) atoms. The van der Waals surface area contributed by atoms with Gasteiger partial charge in [0.05, 0.1) is 23.3 Å². The van der Waals surface area contributed by atoms with Gasteiger partial charge in [0.1, 0.15) is 11.9 Å². The van der Waals surface area contributed by atoms with Crippen molar-refractivity contribution in [3.8, 4) is 0 Å². The number of azo groups is 1. The number of ether oxygens (including phenoxy) is 1. The lowest BCUT2D eigenvalue weighted by atomic mass is 10.2. The highest BCUT2D eigenvalue weighted by atomic mass is 32.1. The minimum absolute atomic E-state index is 0.133. The fourth-order valence-electron chi connectivity index (χ4n) is 2.56. The second-order valence-electron chi connectivity index (χ2n) is 6.17. The summed E-state index contributed by atoms with van der Waals surface area (Å²) in [5, 5.41) is 31.6. The molecule has 162 valence electrons. The van der Waals surface area contributed by atoms with Gasteiger partial charge in [-0.1, -0.05) is 0 Å². The van der Waals surface area contributed by atoms with Gasteiger partial charge in [0.15, 0.2) is 0 Å². The number of amides is 1. The molecule has 0 fully saturated rings. The van der Waals surface area contributed by atoms with E-state index in [0.29, 0.717) is 31.1 Å². The molecular formula is C18H24N6O5S. The Morgan fingerprint density at radius 1 is 1.43 bits per heavy atom. The number of nitro groups is 1. The summed E-state index contributed by atoms with van der Waals surface area (Å²) in [4.78, 5) is 27.6. The lowest BCUT2D eigenvalue weighted by Crippen LogP contribution is -2.35. The van der Waals surface area contributed by atoms with E-state index in [1.807, 2.05) is 18.7 Å². The van der Waals surface area contributed by atoms with Gasteiger partial charge < -0.3 is 20.1 Å². The molecule has 0 saturated heterocycles. The molecule has 0 aliphatic heterocycles. The minimum Gasteiger partial charge on any atom is -0.389 e. The van der Waals surface area contributed by atoms with Crippen LogP contribution in [0.25, 0.3) is 0 Å². The van der Waals surface area contributed by atoms with Gasteiger partial charge in [-0.15, -0.1) is 10.2 Å². The van der Waals surface area contributed by atoms with Crippen molar-refractivity contribution in [3.63, 3.8) is 0 Å². The van der Waals surface area contributed by atoms with Gasteiger partial charge in [-0.3, -0.25) is 14.9 Å². The molecule has 0 aliphatic carbocycles. The Morgan fingerprint density at radius 3 is 2.80 bits per heavy atom. The molecule has 1 amide bonds. The average molecular weight is 436 g/mol. The SMILES string of the molecule is CCOCC(O)CN(CC)c1ccc(N=Nc2ncc([N+](=O)[O-])s2)c(NC(C)=O)c1. The average Bonchev–Trinajstić information content (AvgIpc) is 3.18. The Morgan fingerprint density at radius 2 is 2.20 bits per heavy atom. The number of hydrogen-bond donors (Lipinski definition) is 2. The van der Waals surface area contributed by atoms with E-state index >= 15 is 0 Å². The minimum atomic E-state index is -0.658. The largest absolute Gasteiger partial charge is 0.389 e. The number of hydrogen-bond acceptors (Lipinski definition) is 10. The third kappa shape index (κ3) is 6.83. The summed E-state index contributed by atoms with van der Waals surface area (Å²) in [5.74, 6) is -0.284. The molecule has 1 atom stereocenters. The summed E-state index contributed by atoms with van der Waals surface area (Å²) >= 11 is 0.799. The first-order valence-electron chi connectivity index (χ1n) is 9.28. The van der Waals surface area contributed by atoms with Gasteiger partial charge in [0.25, 0.3) is 0 Å². The van der Waals surface area contributed by atoms with Gasteiger partial charge in [-0.2, -0.15) is 0 Å². The van der Waals surface area contributed by atoms with Crippen molar-refractivity contribution in [2.75, 3.05) is 36.5 Å². The predicted molar refractivity (Wildman–Crippen MR) is 114 cm³/mol. The van der Waals surface area contributed by atoms with Gasteiger partial charge >= 0.3 is 5.00 Å². The molecule has 0 spiro atoms. The first-order valence-corrected chi connectivity index (χ1v) is 10.1. The van der Waals surface area contributed by atoms with Gasteiger partial charge in [-0.05, 0) is 43.4 Å². The van der Waals surface area contributed by atoms with E-state index in [1.54, 1.807) is 18.2 Å². The number of carbonyl (C=O) groups excluding carboxylic acids is 1. The van der Waals surface area contributed by atoms with Crippen LogP contribution < -0.4 is 10.2 Å². The summed E-state index contributed by atoms with van der Waals surface area (Å²) in [7, 11) is 0. The molecule has 1 unspecified atom stereocenters. The lowest BCUT2D eigenvalue weighted by Gasteiger charge is -2.26. The van der Waals surface area contributed by atoms with Crippen LogP contribution in [0.2, 0.25) is 0 Å². The molecule has 11 nitrogen and oxygen atoms in total. The fraction of sp³-hybridized carbons (Fsp3) is 0.444. The van der Waals surface area contributed by atoms with Crippen molar-refractivity contribution in [3.05, 3.63) is 34.5 Å². The molecule has 1 heterocycles. The number of carbonyl (C=O) groups is 1. The number of thiazole rings is 1. The highest BCUT2D eigenvalue weighted by Gasteiger charge is 2.15. The zero-order valence-corrected chi connectivity index (χ0v) is 17.8. The first kappa shape index (κ1) is 23.3. The Hall–Kier alpha value is -2.96. The molecule has 12 heteroatoms. The molecule has 1 aromatic carbocycles. The molecule has 0 radical (unpaired) electrons. The van der Waals surface area contributed by atoms with Crippen molar-refractivity contribution in [1.82, 2.24) is 4.98 Å². The quantitative estimate of drug-likeness (QED) is 0.311. The Kier molecular flexibility index (Phi) is 8.77. The number of benzene rings is 1. The third-order valence-corrected chi connectivity index (χ3v) is 4.72. The fourth-order valence-corrected chi connectivity index (χ4v) is 3.11. The van der Waals surface area contributed by atoms with E-state index in [2.05, 4.69) is 20.5 Å². The van der Waals surface area contributed by atoms with Crippen molar-refractivity contribution < 1.29 is 19.6 Å². The van der Waals surface area contributed by atoms with Crippen LogP contribution in [0.1, 0.15) is 20.8 Å². The monoisotopic (exact) mass is 436 g/mol. The number of nitrogens with zero attached hydrogens (tertiary/aromatic N) is 5. The van der Waals surface area contributed by atoms with Gasteiger partial charge in [-0.25, -0.2) is 4.98 Å². The number of anilines is 2. The smallest absolute Gasteiger partial charge is 0.345 e. The van der Waals surface area contributed by atoms with Crippen LogP contribution in [-0.4, -0.2) is 53.3 Å². The predicted octanol–water partition coefficient (Wildman–Crippen LogP) is 3.65. The second-order valence-corrected chi connectivity index (χ2v) is 7.16. The van der Waals surface area contributed by atoms with E-state index in [0.717, 1.165) is 23.2 Å². The summed E-state index contributed by atoms with van der Waals surface area (Å²) < 4.78 is 5.25. The Labute approximate surface area is 177 Å². The van der Waals surface area contributed by atoms with E-state index in [9.17, 15) is 20.0 Å². The molecular weight excluding hydrogens is 412 g/mol.